The van der Waals surface area contributed by atoms with Crippen molar-refractivity contribution in [3.63, 3.8) is 0 Å². The molecule has 0 aliphatic heterocycles. The third-order valence-electron chi connectivity index (χ3n) is 3.37. The van der Waals surface area contributed by atoms with Crippen LogP contribution in [0.25, 0.3) is 0 Å². The van der Waals surface area contributed by atoms with Crippen molar-refractivity contribution in [3.05, 3.63) is 54.6 Å². The first kappa shape index (κ1) is 15.2. The molecule has 2 unspecified atom stereocenters. The van der Waals surface area contributed by atoms with E-state index in [9.17, 15) is 5.11 Å². The number of hydrogen-bond donors (Lipinski definition) is 1. The standard InChI is InChI=1S/C15H16Br2OS/c1-3-9(2)10-4-6-11(7-5-10)14(18)13-8-12(16)15(17)19-13/h4-9,14,18H,3H2,1-2H3. The summed E-state index contributed by atoms with van der Waals surface area (Å²) in [6.07, 6.45) is 0.575. The van der Waals surface area contributed by atoms with Crippen molar-refractivity contribution < 1.29 is 5.11 Å². The summed E-state index contributed by atoms with van der Waals surface area (Å²) in [6, 6.07) is 10.2. The smallest absolute Gasteiger partial charge is 0.113 e. The van der Waals surface area contributed by atoms with E-state index in [4.69, 9.17) is 0 Å². The molecule has 2 atom stereocenters. The maximum atomic E-state index is 10.4. The van der Waals surface area contributed by atoms with Crippen LogP contribution in [0.3, 0.4) is 0 Å². The zero-order valence-electron chi connectivity index (χ0n) is 10.9. The van der Waals surface area contributed by atoms with Crippen LogP contribution in [0.1, 0.15) is 48.3 Å². The van der Waals surface area contributed by atoms with E-state index in [0.29, 0.717) is 5.92 Å². The highest BCUT2D eigenvalue weighted by Crippen LogP contribution is 2.37. The summed E-state index contributed by atoms with van der Waals surface area (Å²) in [7, 11) is 0. The molecule has 1 nitrogen and oxygen atoms in total. The molecule has 0 aliphatic rings. The Morgan fingerprint density at radius 2 is 1.74 bits per heavy atom. The lowest BCUT2D eigenvalue weighted by atomic mass is 9.96. The van der Waals surface area contributed by atoms with Crippen LogP contribution in [0.5, 0.6) is 0 Å². The van der Waals surface area contributed by atoms with Gasteiger partial charge in [0.05, 0.1) is 3.79 Å². The number of thiophene rings is 1. The normalized spacial score (nSPS) is 14.4. The Balaban J connectivity index is 2.22. The largest absolute Gasteiger partial charge is 0.383 e. The van der Waals surface area contributed by atoms with Crippen LogP contribution in [-0.4, -0.2) is 5.11 Å². The maximum absolute atomic E-state index is 10.4. The van der Waals surface area contributed by atoms with Crippen molar-refractivity contribution in [2.45, 2.75) is 32.3 Å². The summed E-state index contributed by atoms with van der Waals surface area (Å²) in [5, 5.41) is 10.4. The summed E-state index contributed by atoms with van der Waals surface area (Å²) in [6.45, 7) is 4.41. The van der Waals surface area contributed by atoms with Gasteiger partial charge in [0, 0.05) is 9.35 Å². The van der Waals surface area contributed by atoms with Crippen molar-refractivity contribution >= 4 is 43.2 Å². The quantitative estimate of drug-likeness (QED) is 0.676. The summed E-state index contributed by atoms with van der Waals surface area (Å²) < 4.78 is 2.00. The minimum atomic E-state index is -0.557. The van der Waals surface area contributed by atoms with E-state index in [2.05, 4.69) is 57.8 Å². The first-order valence-electron chi connectivity index (χ1n) is 6.25. The molecule has 2 aromatic rings. The average Bonchev–Trinajstić information content (AvgIpc) is 2.77. The highest BCUT2D eigenvalue weighted by atomic mass is 79.9. The second-order valence-electron chi connectivity index (χ2n) is 4.65. The molecule has 1 aromatic heterocycles. The van der Waals surface area contributed by atoms with Gasteiger partial charge in [-0.1, -0.05) is 38.1 Å². The highest BCUT2D eigenvalue weighted by Gasteiger charge is 2.15. The van der Waals surface area contributed by atoms with Crippen LogP contribution < -0.4 is 0 Å². The van der Waals surface area contributed by atoms with Gasteiger partial charge in [0.15, 0.2) is 0 Å². The van der Waals surface area contributed by atoms with Gasteiger partial charge in [-0.2, -0.15) is 0 Å². The van der Waals surface area contributed by atoms with Crippen LogP contribution >= 0.6 is 43.2 Å². The van der Waals surface area contributed by atoms with Crippen LogP contribution in [-0.2, 0) is 0 Å². The van der Waals surface area contributed by atoms with Crippen LogP contribution in [0.2, 0.25) is 0 Å². The third kappa shape index (κ3) is 3.48. The summed E-state index contributed by atoms with van der Waals surface area (Å²) in [5.74, 6) is 0.566. The average molecular weight is 404 g/mol. The van der Waals surface area contributed by atoms with E-state index in [1.54, 1.807) is 11.3 Å². The Kier molecular flexibility index (Phi) is 5.23. The van der Waals surface area contributed by atoms with Crippen molar-refractivity contribution in [3.8, 4) is 0 Å². The number of aliphatic hydroxyl groups excluding tert-OH is 1. The van der Waals surface area contributed by atoms with Gasteiger partial charge in [-0.15, -0.1) is 11.3 Å². The molecule has 0 bridgehead atoms. The summed E-state index contributed by atoms with van der Waals surface area (Å²) in [4.78, 5) is 0.940. The minimum Gasteiger partial charge on any atom is -0.383 e. The topological polar surface area (TPSA) is 20.2 Å². The molecule has 1 aromatic carbocycles. The van der Waals surface area contributed by atoms with Gasteiger partial charge in [0.25, 0.3) is 0 Å². The molecule has 0 amide bonds. The Bertz CT molecular complexity index is 528. The van der Waals surface area contributed by atoms with Gasteiger partial charge < -0.3 is 5.11 Å². The second kappa shape index (κ2) is 6.53. The van der Waals surface area contributed by atoms with E-state index in [1.807, 2.05) is 18.2 Å². The van der Waals surface area contributed by atoms with E-state index in [1.165, 1.54) is 5.56 Å². The SMILES string of the molecule is CCC(C)c1ccc(C(O)c2cc(Br)c(Br)s2)cc1. The van der Waals surface area contributed by atoms with Crippen LogP contribution in [0, 0.1) is 0 Å². The predicted molar refractivity (Wildman–Crippen MR) is 88.9 cm³/mol. The fourth-order valence-electron chi connectivity index (χ4n) is 1.90. The van der Waals surface area contributed by atoms with Crippen molar-refractivity contribution in [2.24, 2.45) is 0 Å². The first-order valence-corrected chi connectivity index (χ1v) is 8.65. The lowest BCUT2D eigenvalue weighted by Crippen LogP contribution is -1.98. The Morgan fingerprint density at radius 1 is 1.16 bits per heavy atom. The summed E-state index contributed by atoms with van der Waals surface area (Å²) in [5.41, 5.74) is 2.26. The van der Waals surface area contributed by atoms with Gasteiger partial charge in [0.1, 0.15) is 6.10 Å². The molecule has 4 heteroatoms. The van der Waals surface area contributed by atoms with Gasteiger partial charge in [-0.05, 0) is 61.4 Å². The van der Waals surface area contributed by atoms with Crippen molar-refractivity contribution in [2.75, 3.05) is 0 Å². The molecule has 0 saturated carbocycles. The molecule has 0 spiro atoms. The highest BCUT2D eigenvalue weighted by molar-refractivity contribution is 9.13. The lowest BCUT2D eigenvalue weighted by molar-refractivity contribution is 0.224. The second-order valence-corrected chi connectivity index (χ2v) is 7.90. The molecule has 102 valence electrons. The molecule has 2 rings (SSSR count). The number of benzene rings is 1. The Hall–Kier alpha value is -0.160. The Labute approximate surface area is 134 Å². The molecule has 1 heterocycles. The molecule has 0 aliphatic carbocycles. The van der Waals surface area contributed by atoms with E-state index in [0.717, 1.165) is 25.1 Å². The molecule has 0 radical (unpaired) electrons. The number of aliphatic hydroxyl groups is 1. The van der Waals surface area contributed by atoms with Gasteiger partial charge >= 0.3 is 0 Å². The molecular formula is C15H16Br2OS. The number of rotatable bonds is 4. The fraction of sp³-hybridized carbons (Fsp3) is 0.333. The molecule has 1 N–H and O–H groups in total. The van der Waals surface area contributed by atoms with Crippen molar-refractivity contribution in [1.29, 1.82) is 0 Å². The predicted octanol–water partition coefficient (Wildman–Crippen LogP) is 5.87. The van der Waals surface area contributed by atoms with E-state index < -0.39 is 6.10 Å². The monoisotopic (exact) mass is 402 g/mol. The van der Waals surface area contributed by atoms with E-state index in [-0.39, 0.29) is 0 Å². The molecular weight excluding hydrogens is 388 g/mol. The molecule has 19 heavy (non-hydrogen) atoms. The summed E-state index contributed by atoms with van der Waals surface area (Å²) >= 11 is 8.46. The third-order valence-corrected chi connectivity index (χ3v) is 6.68. The zero-order chi connectivity index (χ0) is 14.0. The first-order chi connectivity index (χ1) is 9.02. The van der Waals surface area contributed by atoms with E-state index >= 15 is 0 Å². The van der Waals surface area contributed by atoms with Crippen LogP contribution in [0.4, 0.5) is 0 Å². The maximum Gasteiger partial charge on any atom is 0.113 e. The minimum absolute atomic E-state index is 0.557. The number of hydrogen-bond acceptors (Lipinski definition) is 2. The van der Waals surface area contributed by atoms with Gasteiger partial charge in [-0.25, -0.2) is 0 Å². The van der Waals surface area contributed by atoms with Crippen molar-refractivity contribution in [1.82, 2.24) is 0 Å². The van der Waals surface area contributed by atoms with Gasteiger partial charge in [0.2, 0.25) is 0 Å². The Morgan fingerprint density at radius 3 is 2.21 bits per heavy atom. The zero-order valence-corrected chi connectivity index (χ0v) is 14.8. The molecule has 0 saturated heterocycles. The number of halogens is 2. The molecule has 0 fully saturated rings. The van der Waals surface area contributed by atoms with Gasteiger partial charge in [-0.3, -0.25) is 0 Å². The van der Waals surface area contributed by atoms with Crippen LogP contribution in [0.15, 0.2) is 38.6 Å². The fourth-order valence-corrected chi connectivity index (χ4v) is 4.01. The lowest BCUT2D eigenvalue weighted by Gasteiger charge is -2.12.